The van der Waals surface area contributed by atoms with Crippen LogP contribution in [0.4, 0.5) is 0 Å². The normalized spacial score (nSPS) is 11.6. The molecule has 0 unspecified atom stereocenters. The van der Waals surface area contributed by atoms with Crippen molar-refractivity contribution in [2.24, 2.45) is 0 Å². The Kier molecular flexibility index (Phi) is 7.56. The molecule has 0 amide bonds. The van der Waals surface area contributed by atoms with Crippen molar-refractivity contribution in [3.05, 3.63) is 194 Å². The molecule has 0 bridgehead atoms. The van der Waals surface area contributed by atoms with Crippen LogP contribution < -0.4 is 0 Å². The molecule has 0 aliphatic heterocycles. The van der Waals surface area contributed by atoms with Gasteiger partial charge >= 0.3 is 0 Å². The lowest BCUT2D eigenvalue weighted by molar-refractivity contribution is 1.10. The van der Waals surface area contributed by atoms with Crippen molar-refractivity contribution in [2.75, 3.05) is 0 Å². The second kappa shape index (κ2) is 12.7. The summed E-state index contributed by atoms with van der Waals surface area (Å²) in [6.45, 7) is 6.31. The van der Waals surface area contributed by atoms with Crippen LogP contribution in [0.5, 0.6) is 0 Å². The number of hydrogen-bond donors (Lipinski definition) is 0. The summed E-state index contributed by atoms with van der Waals surface area (Å²) in [5, 5.41) is 3.65. The number of hydrogen-bond acceptors (Lipinski definition) is 0. The fraction of sp³-hybridized carbons (Fsp3) is 0.0204. The summed E-state index contributed by atoms with van der Waals surface area (Å²) < 4.78 is 4.76. The van der Waals surface area contributed by atoms with Gasteiger partial charge in [-0.3, -0.25) is 0 Å². The maximum absolute atomic E-state index is 4.24. The molecule has 9 rings (SSSR count). The number of para-hydroxylation sites is 2. The van der Waals surface area contributed by atoms with Gasteiger partial charge in [0.2, 0.25) is 0 Å². The second-order valence-electron chi connectivity index (χ2n) is 13.0. The molecule has 0 N–H and O–H groups in total. The zero-order valence-corrected chi connectivity index (χ0v) is 28.5. The third kappa shape index (κ3) is 5.21. The van der Waals surface area contributed by atoms with E-state index in [0.29, 0.717) is 0 Å². The number of nitrogens with zero attached hydrogens (tertiary/aromatic N) is 2. The molecule has 0 atom stereocenters. The smallest absolute Gasteiger partial charge is 0.0541 e. The minimum atomic E-state index is 1.14. The van der Waals surface area contributed by atoms with Gasteiger partial charge in [0.15, 0.2) is 0 Å². The Morgan fingerprint density at radius 2 is 0.941 bits per heavy atom. The molecule has 51 heavy (non-hydrogen) atoms. The summed E-state index contributed by atoms with van der Waals surface area (Å²) in [6, 6.07) is 61.4. The summed E-state index contributed by atoms with van der Waals surface area (Å²) in [6.07, 6.45) is 6.27. The number of allylic oxidation sites excluding steroid dienone is 1. The van der Waals surface area contributed by atoms with Gasteiger partial charge in [-0.15, -0.1) is 0 Å². The molecule has 0 radical (unpaired) electrons. The molecule has 0 saturated carbocycles. The van der Waals surface area contributed by atoms with E-state index in [2.05, 4.69) is 205 Å². The molecule has 0 fully saturated rings. The molecule has 9 aromatic rings. The van der Waals surface area contributed by atoms with E-state index in [1.807, 2.05) is 6.08 Å². The van der Waals surface area contributed by atoms with E-state index in [0.717, 1.165) is 28.1 Å². The maximum Gasteiger partial charge on any atom is 0.0541 e. The highest BCUT2D eigenvalue weighted by atomic mass is 15.0. The van der Waals surface area contributed by atoms with Crippen LogP contribution >= 0.6 is 0 Å². The first kappa shape index (κ1) is 30.4. The average molecular weight is 653 g/mol. The third-order valence-corrected chi connectivity index (χ3v) is 9.98. The first-order valence-electron chi connectivity index (χ1n) is 17.5. The summed E-state index contributed by atoms with van der Waals surface area (Å²) in [7, 11) is 0. The zero-order valence-electron chi connectivity index (χ0n) is 28.5. The summed E-state index contributed by atoms with van der Waals surface area (Å²) in [4.78, 5) is 0. The van der Waals surface area contributed by atoms with Crippen LogP contribution in [-0.4, -0.2) is 9.13 Å². The van der Waals surface area contributed by atoms with Crippen molar-refractivity contribution in [3.8, 4) is 44.8 Å². The highest BCUT2D eigenvalue weighted by Gasteiger charge is 2.18. The van der Waals surface area contributed by atoms with Gasteiger partial charge in [0.05, 0.1) is 22.2 Å². The first-order valence-corrected chi connectivity index (χ1v) is 17.5. The highest BCUT2D eigenvalue weighted by Crippen LogP contribution is 2.39. The number of aromatic nitrogens is 2. The first-order chi connectivity index (χ1) is 25.2. The summed E-state index contributed by atoms with van der Waals surface area (Å²) in [5.74, 6) is 0. The van der Waals surface area contributed by atoms with Gasteiger partial charge in [0, 0.05) is 33.1 Å². The Labute approximate surface area is 298 Å². The average Bonchev–Trinajstić information content (AvgIpc) is 3.70. The lowest BCUT2D eigenvalue weighted by Crippen LogP contribution is -1.96. The van der Waals surface area contributed by atoms with Crippen molar-refractivity contribution in [2.45, 2.75) is 6.92 Å². The number of fused-ring (bicyclic) bond motifs is 4. The molecular weight excluding hydrogens is 617 g/mol. The van der Waals surface area contributed by atoms with E-state index in [1.165, 1.54) is 60.6 Å². The highest BCUT2D eigenvalue weighted by molar-refractivity contribution is 6.11. The zero-order chi connectivity index (χ0) is 34.3. The SMILES string of the molecule is C=Cc1c(/C=C\C)n(-c2ccccc2)c2ccc(-c3ccc4c(c3)c3ccccc3n4-c3cc(-c4ccccc4)cc(-c4ccccc4)c3)cc12. The van der Waals surface area contributed by atoms with Crippen LogP contribution in [0.15, 0.2) is 183 Å². The number of benzene rings is 7. The number of rotatable bonds is 7. The Balaban J connectivity index is 1.24. The van der Waals surface area contributed by atoms with Crippen LogP contribution in [0.2, 0.25) is 0 Å². The monoisotopic (exact) mass is 652 g/mol. The van der Waals surface area contributed by atoms with Gasteiger partial charge in [-0.2, -0.15) is 0 Å². The quantitative estimate of drug-likeness (QED) is 0.162. The van der Waals surface area contributed by atoms with Gasteiger partial charge < -0.3 is 9.13 Å². The van der Waals surface area contributed by atoms with Crippen LogP contribution in [-0.2, 0) is 0 Å². The second-order valence-corrected chi connectivity index (χ2v) is 13.0. The van der Waals surface area contributed by atoms with E-state index in [4.69, 9.17) is 0 Å². The lowest BCUT2D eigenvalue weighted by Gasteiger charge is -2.14. The summed E-state index contributed by atoms with van der Waals surface area (Å²) >= 11 is 0. The lowest BCUT2D eigenvalue weighted by atomic mass is 9.98. The minimum absolute atomic E-state index is 1.14. The maximum atomic E-state index is 4.24. The van der Waals surface area contributed by atoms with Gasteiger partial charge in [0.25, 0.3) is 0 Å². The van der Waals surface area contributed by atoms with Crippen LogP contribution in [0, 0.1) is 0 Å². The Morgan fingerprint density at radius 3 is 1.55 bits per heavy atom. The molecule has 0 aliphatic carbocycles. The Hall–Kier alpha value is -6.64. The van der Waals surface area contributed by atoms with E-state index in [9.17, 15) is 0 Å². The fourth-order valence-electron chi connectivity index (χ4n) is 7.67. The van der Waals surface area contributed by atoms with Gasteiger partial charge in [-0.05, 0) is 107 Å². The van der Waals surface area contributed by atoms with Crippen molar-refractivity contribution >= 4 is 44.9 Å². The van der Waals surface area contributed by atoms with Crippen molar-refractivity contribution in [1.82, 2.24) is 9.13 Å². The molecule has 0 saturated heterocycles. The molecule has 7 aromatic carbocycles. The predicted molar refractivity (Wildman–Crippen MR) is 219 cm³/mol. The fourth-order valence-corrected chi connectivity index (χ4v) is 7.67. The topological polar surface area (TPSA) is 9.86 Å². The molecule has 2 heteroatoms. The molecule has 0 aliphatic rings. The van der Waals surface area contributed by atoms with E-state index < -0.39 is 0 Å². The largest absolute Gasteiger partial charge is 0.309 e. The van der Waals surface area contributed by atoms with Crippen molar-refractivity contribution in [1.29, 1.82) is 0 Å². The molecular formula is C49H36N2. The molecule has 2 nitrogen and oxygen atoms in total. The Bertz CT molecular complexity index is 2690. The van der Waals surface area contributed by atoms with Crippen molar-refractivity contribution in [3.63, 3.8) is 0 Å². The molecule has 2 heterocycles. The molecule has 2 aromatic heterocycles. The van der Waals surface area contributed by atoms with Gasteiger partial charge in [-0.1, -0.05) is 128 Å². The van der Waals surface area contributed by atoms with Crippen LogP contribution in [0.3, 0.4) is 0 Å². The van der Waals surface area contributed by atoms with E-state index in [-0.39, 0.29) is 0 Å². The van der Waals surface area contributed by atoms with Crippen LogP contribution in [0.25, 0.3) is 89.6 Å². The minimum Gasteiger partial charge on any atom is -0.309 e. The predicted octanol–water partition coefficient (Wildman–Crippen LogP) is 13.4. The third-order valence-electron chi connectivity index (χ3n) is 9.98. The van der Waals surface area contributed by atoms with Gasteiger partial charge in [0.1, 0.15) is 0 Å². The van der Waals surface area contributed by atoms with Gasteiger partial charge in [-0.25, -0.2) is 0 Å². The standard InChI is InChI=1S/C49H36N2/c1-3-16-46-42(4-2)44-32-36(25-27-48(44)50(46)40-21-12-7-13-22-40)37-26-28-49-45(33-37)43-23-14-15-24-47(43)51(49)41-30-38(34-17-8-5-9-18-34)29-39(31-41)35-19-10-6-11-20-35/h3-33H,2H2,1H3/b16-3-. The molecule has 0 spiro atoms. The van der Waals surface area contributed by atoms with Crippen LogP contribution in [0.1, 0.15) is 18.2 Å². The molecule has 242 valence electrons. The van der Waals surface area contributed by atoms with E-state index >= 15 is 0 Å². The Morgan fingerprint density at radius 1 is 0.412 bits per heavy atom. The van der Waals surface area contributed by atoms with E-state index in [1.54, 1.807) is 0 Å². The summed E-state index contributed by atoms with van der Waals surface area (Å²) in [5.41, 5.74) is 15.2. The van der Waals surface area contributed by atoms with Crippen molar-refractivity contribution < 1.29 is 0 Å².